The quantitative estimate of drug-likeness (QED) is 0.719. The zero-order valence-corrected chi connectivity index (χ0v) is 7.71. The Bertz CT molecular complexity index is 269. The summed E-state index contributed by atoms with van der Waals surface area (Å²) >= 11 is 1.41. The molecule has 1 saturated heterocycles. The van der Waals surface area contributed by atoms with Gasteiger partial charge in [-0.05, 0) is 0 Å². The van der Waals surface area contributed by atoms with E-state index in [1.807, 2.05) is 11.8 Å². The molecule has 1 fully saturated rings. The van der Waals surface area contributed by atoms with Crippen molar-refractivity contribution in [2.45, 2.75) is 19.4 Å². The maximum Gasteiger partial charge on any atom is 0.205 e. The highest BCUT2D eigenvalue weighted by atomic mass is 32.1. The number of anilines is 1. The molecule has 1 aromatic rings. The molecule has 5 heteroatoms. The fraction of sp³-hybridized carbons (Fsp3) is 0.714. The molecule has 0 aromatic carbocycles. The van der Waals surface area contributed by atoms with Crippen LogP contribution in [0.5, 0.6) is 0 Å². The molecule has 4 nitrogen and oxygen atoms in total. The van der Waals surface area contributed by atoms with Gasteiger partial charge in [-0.2, -0.15) is 4.37 Å². The molecular formula is C7H11N3OS. The van der Waals surface area contributed by atoms with E-state index in [-0.39, 0.29) is 6.10 Å². The molecule has 2 heterocycles. The Balaban J connectivity index is 2.04. The zero-order valence-electron chi connectivity index (χ0n) is 6.90. The van der Waals surface area contributed by atoms with Crippen LogP contribution in [0.15, 0.2) is 0 Å². The van der Waals surface area contributed by atoms with E-state index in [9.17, 15) is 0 Å². The van der Waals surface area contributed by atoms with Gasteiger partial charge in [0.2, 0.25) is 5.13 Å². The minimum Gasteiger partial charge on any atom is -0.389 e. The molecule has 12 heavy (non-hydrogen) atoms. The highest BCUT2D eigenvalue weighted by molar-refractivity contribution is 7.09. The number of aromatic nitrogens is 2. The van der Waals surface area contributed by atoms with Crippen LogP contribution in [0.3, 0.4) is 0 Å². The van der Waals surface area contributed by atoms with Crippen LogP contribution in [0.1, 0.15) is 12.7 Å². The van der Waals surface area contributed by atoms with Crippen LogP contribution < -0.4 is 4.90 Å². The summed E-state index contributed by atoms with van der Waals surface area (Å²) in [4.78, 5) is 6.35. The van der Waals surface area contributed by atoms with Crippen LogP contribution in [0.25, 0.3) is 0 Å². The summed E-state index contributed by atoms with van der Waals surface area (Å²) in [7, 11) is 0. The highest BCUT2D eigenvalue weighted by Crippen LogP contribution is 2.22. The predicted molar refractivity (Wildman–Crippen MR) is 47.5 cm³/mol. The highest BCUT2D eigenvalue weighted by Gasteiger charge is 2.26. The molecule has 0 amide bonds. The first-order valence-electron chi connectivity index (χ1n) is 4.05. The second-order valence-corrected chi connectivity index (χ2v) is 3.64. The van der Waals surface area contributed by atoms with Crippen molar-refractivity contribution in [3.63, 3.8) is 0 Å². The van der Waals surface area contributed by atoms with Crippen LogP contribution >= 0.6 is 11.5 Å². The van der Waals surface area contributed by atoms with Crippen molar-refractivity contribution >= 4 is 16.7 Å². The Labute approximate surface area is 75.0 Å². The number of hydrogen-bond acceptors (Lipinski definition) is 5. The van der Waals surface area contributed by atoms with E-state index in [1.54, 1.807) is 0 Å². The van der Waals surface area contributed by atoms with Gasteiger partial charge in [0.25, 0.3) is 0 Å². The number of β-amino-alcohol motifs (C(OH)–C–C–N with tert-alkyl or cyclic N) is 1. The van der Waals surface area contributed by atoms with Crippen LogP contribution in [0, 0.1) is 0 Å². The van der Waals surface area contributed by atoms with Gasteiger partial charge in [0, 0.05) is 31.0 Å². The predicted octanol–water partition coefficient (Wildman–Crippen LogP) is 0.281. The van der Waals surface area contributed by atoms with Gasteiger partial charge in [-0.3, -0.25) is 0 Å². The lowest BCUT2D eigenvalue weighted by atomic mass is 10.2. The summed E-state index contributed by atoms with van der Waals surface area (Å²) in [6.45, 7) is 3.45. The molecule has 0 aliphatic carbocycles. The average molecular weight is 185 g/mol. The fourth-order valence-corrected chi connectivity index (χ4v) is 1.90. The first-order chi connectivity index (χ1) is 5.79. The first kappa shape index (κ1) is 7.94. The Morgan fingerprint density at radius 2 is 2.42 bits per heavy atom. The molecule has 1 aliphatic rings. The summed E-state index contributed by atoms with van der Waals surface area (Å²) in [5, 5.41) is 10.0. The van der Waals surface area contributed by atoms with Gasteiger partial charge in [-0.15, -0.1) is 0 Å². The number of hydrogen-bond donors (Lipinski definition) is 1. The van der Waals surface area contributed by atoms with Gasteiger partial charge < -0.3 is 10.0 Å². The summed E-state index contributed by atoms with van der Waals surface area (Å²) < 4.78 is 4.17. The Kier molecular flexibility index (Phi) is 1.98. The zero-order chi connectivity index (χ0) is 8.55. The van der Waals surface area contributed by atoms with E-state index < -0.39 is 0 Å². The molecule has 0 unspecified atom stereocenters. The smallest absolute Gasteiger partial charge is 0.205 e. The van der Waals surface area contributed by atoms with E-state index in [0.29, 0.717) is 13.1 Å². The number of aliphatic hydroxyl groups is 1. The molecule has 0 radical (unpaired) electrons. The lowest BCUT2D eigenvalue weighted by molar-refractivity contribution is 0.142. The van der Waals surface area contributed by atoms with Crippen molar-refractivity contribution in [3.05, 3.63) is 5.82 Å². The number of aliphatic hydroxyl groups excluding tert-OH is 1. The number of rotatable bonds is 2. The van der Waals surface area contributed by atoms with Crippen LogP contribution in [-0.2, 0) is 6.42 Å². The molecule has 2 rings (SSSR count). The Morgan fingerprint density at radius 3 is 2.92 bits per heavy atom. The number of aryl methyl sites for hydroxylation is 1. The molecule has 0 saturated carbocycles. The van der Waals surface area contributed by atoms with Gasteiger partial charge >= 0.3 is 0 Å². The SMILES string of the molecule is CCc1nsc(N2CC(O)C2)n1. The molecular weight excluding hydrogens is 174 g/mol. The third-order valence-electron chi connectivity index (χ3n) is 1.91. The molecule has 1 N–H and O–H groups in total. The monoisotopic (exact) mass is 185 g/mol. The van der Waals surface area contributed by atoms with Crippen molar-refractivity contribution in [2.75, 3.05) is 18.0 Å². The lowest BCUT2D eigenvalue weighted by Gasteiger charge is -2.35. The first-order valence-corrected chi connectivity index (χ1v) is 4.82. The topological polar surface area (TPSA) is 49.2 Å². The van der Waals surface area contributed by atoms with E-state index in [4.69, 9.17) is 5.11 Å². The number of nitrogens with zero attached hydrogens (tertiary/aromatic N) is 3. The normalized spacial score (nSPS) is 18.0. The summed E-state index contributed by atoms with van der Waals surface area (Å²) in [5.41, 5.74) is 0. The van der Waals surface area contributed by atoms with Crippen LogP contribution in [0.2, 0.25) is 0 Å². The fourth-order valence-electron chi connectivity index (χ4n) is 1.13. The van der Waals surface area contributed by atoms with Gasteiger partial charge in [-0.1, -0.05) is 6.92 Å². The Morgan fingerprint density at radius 1 is 1.67 bits per heavy atom. The molecule has 0 bridgehead atoms. The molecule has 66 valence electrons. The maximum atomic E-state index is 9.06. The van der Waals surface area contributed by atoms with Crippen molar-refractivity contribution in [1.29, 1.82) is 0 Å². The van der Waals surface area contributed by atoms with Crippen molar-refractivity contribution in [3.8, 4) is 0 Å². The van der Waals surface area contributed by atoms with E-state index in [0.717, 1.165) is 17.4 Å². The Hall–Kier alpha value is -0.680. The standard InChI is InChI=1S/C7H11N3OS/c1-2-6-8-7(12-9-6)10-3-5(11)4-10/h5,11H,2-4H2,1H3. The third kappa shape index (κ3) is 1.30. The van der Waals surface area contributed by atoms with E-state index in [1.165, 1.54) is 11.5 Å². The minimum atomic E-state index is -0.168. The van der Waals surface area contributed by atoms with Crippen LogP contribution in [-0.4, -0.2) is 33.7 Å². The lowest BCUT2D eigenvalue weighted by Crippen LogP contribution is -2.50. The summed E-state index contributed by atoms with van der Waals surface area (Å²) in [6, 6.07) is 0. The van der Waals surface area contributed by atoms with Gasteiger partial charge in [0.1, 0.15) is 5.82 Å². The van der Waals surface area contributed by atoms with Crippen molar-refractivity contribution in [1.82, 2.24) is 9.36 Å². The van der Waals surface area contributed by atoms with Gasteiger partial charge in [0.05, 0.1) is 6.10 Å². The summed E-state index contributed by atoms with van der Waals surface area (Å²) in [6.07, 6.45) is 0.714. The van der Waals surface area contributed by atoms with Gasteiger partial charge in [-0.25, -0.2) is 4.98 Å². The van der Waals surface area contributed by atoms with E-state index in [2.05, 4.69) is 9.36 Å². The molecule has 0 atom stereocenters. The minimum absolute atomic E-state index is 0.168. The molecule has 1 aromatic heterocycles. The summed E-state index contributed by atoms with van der Waals surface area (Å²) in [5.74, 6) is 0.899. The van der Waals surface area contributed by atoms with Gasteiger partial charge in [0.15, 0.2) is 0 Å². The molecule has 0 spiro atoms. The van der Waals surface area contributed by atoms with Crippen molar-refractivity contribution < 1.29 is 5.11 Å². The maximum absolute atomic E-state index is 9.06. The molecule has 1 aliphatic heterocycles. The second-order valence-electron chi connectivity index (χ2n) is 2.91. The van der Waals surface area contributed by atoms with Crippen LogP contribution in [0.4, 0.5) is 5.13 Å². The third-order valence-corrected chi connectivity index (χ3v) is 2.72. The average Bonchev–Trinajstić information content (AvgIpc) is 2.46. The second kappa shape index (κ2) is 2.99. The van der Waals surface area contributed by atoms with E-state index >= 15 is 0 Å². The van der Waals surface area contributed by atoms with Crippen molar-refractivity contribution in [2.24, 2.45) is 0 Å². The largest absolute Gasteiger partial charge is 0.389 e.